The van der Waals surface area contributed by atoms with Gasteiger partial charge in [0, 0.05) is 18.7 Å². The lowest BCUT2D eigenvalue weighted by Gasteiger charge is -2.18. The first-order valence-corrected chi connectivity index (χ1v) is 9.69. The van der Waals surface area contributed by atoms with Gasteiger partial charge in [0.15, 0.2) is 0 Å². The zero-order valence-corrected chi connectivity index (χ0v) is 17.5. The van der Waals surface area contributed by atoms with Gasteiger partial charge >= 0.3 is 30.0 Å². The summed E-state index contributed by atoms with van der Waals surface area (Å²) in [5.74, 6) is -3.95. The van der Waals surface area contributed by atoms with E-state index in [2.05, 4.69) is 21.3 Å². The maximum absolute atomic E-state index is 11.9. The Hall–Kier alpha value is -3.57. The van der Waals surface area contributed by atoms with E-state index in [1.807, 2.05) is 6.92 Å². The average Bonchev–Trinajstić information content (AvgIpc) is 2.68. The smallest absolute Gasteiger partial charge is 0.326 e. The summed E-state index contributed by atoms with van der Waals surface area (Å²) in [6, 6.07) is -4.16. The molecular formula is C19H30N4O8. The second-order valence-electron chi connectivity index (χ2n) is 6.45. The minimum absolute atomic E-state index is 0.0532. The van der Waals surface area contributed by atoms with Gasteiger partial charge in [0.2, 0.25) is 0 Å². The summed E-state index contributed by atoms with van der Waals surface area (Å²) < 4.78 is 0. The number of hydrogen-bond donors (Lipinski definition) is 7. The van der Waals surface area contributed by atoms with E-state index in [-0.39, 0.29) is 19.4 Å². The third-order valence-corrected chi connectivity index (χ3v) is 3.97. The lowest BCUT2D eigenvalue weighted by Crippen LogP contribution is -2.51. The summed E-state index contributed by atoms with van der Waals surface area (Å²) in [5, 5.41) is 36.4. The van der Waals surface area contributed by atoms with E-state index in [0.29, 0.717) is 18.5 Å². The summed E-state index contributed by atoms with van der Waals surface area (Å²) in [4.78, 5) is 56.6. The second kappa shape index (κ2) is 15.3. The largest absolute Gasteiger partial charge is 0.481 e. The standard InChI is InChI=1S/C19H30N4O8/c1-3-7-12(4-2)21-18(30)20-11-6-5-8-13(16(26)27)22-19(31)23-14(17(28)29)9-10-15(24)25/h3-4,7,13-14H,5-6,8-11H2,1-2H3,(H,24,25)(H,26,27)(H,28,29)(H2,20,21,30)(H2,22,23,31)/b7-3-,12-4+/t13-,14-/m0/s1. The number of carbonyl (C=O) groups is 5. The molecule has 2 atom stereocenters. The highest BCUT2D eigenvalue weighted by molar-refractivity contribution is 5.86. The van der Waals surface area contributed by atoms with Crippen molar-refractivity contribution in [1.82, 2.24) is 21.3 Å². The van der Waals surface area contributed by atoms with Gasteiger partial charge in [-0.1, -0.05) is 12.2 Å². The van der Waals surface area contributed by atoms with Gasteiger partial charge in [-0.05, 0) is 45.6 Å². The van der Waals surface area contributed by atoms with E-state index in [1.54, 1.807) is 25.2 Å². The molecule has 0 rings (SSSR count). The first kappa shape index (κ1) is 27.4. The molecule has 0 saturated carbocycles. The first-order valence-electron chi connectivity index (χ1n) is 9.69. The van der Waals surface area contributed by atoms with Crippen LogP contribution in [0.5, 0.6) is 0 Å². The van der Waals surface area contributed by atoms with Crippen LogP contribution in [-0.2, 0) is 14.4 Å². The van der Waals surface area contributed by atoms with Crippen LogP contribution < -0.4 is 21.3 Å². The van der Waals surface area contributed by atoms with Crippen molar-refractivity contribution < 1.29 is 39.3 Å². The van der Waals surface area contributed by atoms with Crippen molar-refractivity contribution in [3.8, 4) is 0 Å². The van der Waals surface area contributed by atoms with Crippen molar-refractivity contribution in [3.63, 3.8) is 0 Å². The lowest BCUT2D eigenvalue weighted by molar-refractivity contribution is -0.140. The topological polar surface area (TPSA) is 194 Å². The molecule has 0 spiro atoms. The lowest BCUT2D eigenvalue weighted by atomic mass is 10.1. The normalized spacial score (nSPS) is 13.2. The number of allylic oxidation sites excluding steroid dienone is 3. The minimum Gasteiger partial charge on any atom is -0.481 e. The number of hydrogen-bond acceptors (Lipinski definition) is 5. The molecule has 0 fully saturated rings. The van der Waals surface area contributed by atoms with Gasteiger partial charge in [-0.25, -0.2) is 19.2 Å². The number of aliphatic carboxylic acids is 3. The number of carboxylic acid groups (broad SMARTS) is 3. The molecule has 0 saturated heterocycles. The third-order valence-electron chi connectivity index (χ3n) is 3.97. The number of nitrogens with one attached hydrogen (secondary N) is 4. The molecule has 0 radical (unpaired) electrons. The molecule has 0 aromatic rings. The van der Waals surface area contributed by atoms with Gasteiger partial charge < -0.3 is 36.6 Å². The molecule has 0 unspecified atom stereocenters. The van der Waals surface area contributed by atoms with E-state index in [1.165, 1.54) is 0 Å². The molecule has 0 aromatic carbocycles. The second-order valence-corrected chi connectivity index (χ2v) is 6.45. The number of urea groups is 2. The van der Waals surface area contributed by atoms with Crippen LogP contribution in [0.2, 0.25) is 0 Å². The van der Waals surface area contributed by atoms with Crippen LogP contribution in [0.25, 0.3) is 0 Å². The highest BCUT2D eigenvalue weighted by Crippen LogP contribution is 2.03. The molecular weight excluding hydrogens is 412 g/mol. The van der Waals surface area contributed by atoms with Crippen molar-refractivity contribution in [2.45, 2.75) is 58.0 Å². The SMILES string of the molecule is C/C=C\C(=C/C)NC(=O)NCCCC[C@H](NC(=O)N[C@@H](CCC(=O)O)C(=O)O)C(=O)O. The van der Waals surface area contributed by atoms with E-state index >= 15 is 0 Å². The van der Waals surface area contributed by atoms with E-state index in [4.69, 9.17) is 10.2 Å². The molecule has 12 nitrogen and oxygen atoms in total. The predicted octanol–water partition coefficient (Wildman–Crippen LogP) is 1.01. The van der Waals surface area contributed by atoms with Gasteiger partial charge in [-0.15, -0.1) is 0 Å². The molecule has 0 bridgehead atoms. The van der Waals surface area contributed by atoms with Gasteiger partial charge in [0.25, 0.3) is 0 Å². The molecule has 174 valence electrons. The van der Waals surface area contributed by atoms with Crippen LogP contribution >= 0.6 is 0 Å². The van der Waals surface area contributed by atoms with Crippen molar-refractivity contribution in [2.75, 3.05) is 6.54 Å². The number of unbranched alkanes of at least 4 members (excludes halogenated alkanes) is 1. The summed E-state index contributed by atoms with van der Waals surface area (Å²) in [7, 11) is 0. The van der Waals surface area contributed by atoms with Crippen molar-refractivity contribution >= 4 is 30.0 Å². The van der Waals surface area contributed by atoms with E-state index in [0.717, 1.165) is 0 Å². The number of amides is 4. The average molecular weight is 442 g/mol. The Morgan fingerprint density at radius 2 is 1.42 bits per heavy atom. The molecule has 7 N–H and O–H groups in total. The zero-order valence-electron chi connectivity index (χ0n) is 17.5. The summed E-state index contributed by atoms with van der Waals surface area (Å²) in [6.45, 7) is 3.87. The monoisotopic (exact) mass is 442 g/mol. The fraction of sp³-hybridized carbons (Fsp3) is 0.526. The van der Waals surface area contributed by atoms with Crippen LogP contribution in [0.15, 0.2) is 23.9 Å². The molecule has 12 heteroatoms. The molecule has 0 aliphatic rings. The highest BCUT2D eigenvalue weighted by Gasteiger charge is 2.24. The van der Waals surface area contributed by atoms with E-state index in [9.17, 15) is 29.1 Å². The van der Waals surface area contributed by atoms with Crippen LogP contribution in [-0.4, -0.2) is 63.9 Å². The van der Waals surface area contributed by atoms with Crippen LogP contribution in [0, 0.1) is 0 Å². The first-order chi connectivity index (χ1) is 14.6. The zero-order chi connectivity index (χ0) is 23.8. The Balaban J connectivity index is 4.41. The summed E-state index contributed by atoms with van der Waals surface area (Å²) in [5.41, 5.74) is 0.629. The maximum atomic E-state index is 11.9. The van der Waals surface area contributed by atoms with Gasteiger partial charge in [-0.2, -0.15) is 0 Å². The molecule has 0 aromatic heterocycles. The van der Waals surface area contributed by atoms with Crippen molar-refractivity contribution in [2.24, 2.45) is 0 Å². The highest BCUT2D eigenvalue weighted by atomic mass is 16.4. The molecule has 0 heterocycles. The number of rotatable bonds is 14. The molecule has 0 aliphatic carbocycles. The fourth-order valence-electron chi connectivity index (χ4n) is 2.38. The molecule has 0 aliphatic heterocycles. The Kier molecular flexibility index (Phi) is 13.5. The van der Waals surface area contributed by atoms with Gasteiger partial charge in [-0.3, -0.25) is 4.79 Å². The molecule has 31 heavy (non-hydrogen) atoms. The minimum atomic E-state index is -1.46. The van der Waals surface area contributed by atoms with Gasteiger partial charge in [0.05, 0.1) is 0 Å². The third kappa shape index (κ3) is 13.3. The van der Waals surface area contributed by atoms with Crippen LogP contribution in [0.3, 0.4) is 0 Å². The molecule has 4 amide bonds. The van der Waals surface area contributed by atoms with Crippen LogP contribution in [0.4, 0.5) is 9.59 Å². The van der Waals surface area contributed by atoms with Crippen molar-refractivity contribution in [1.29, 1.82) is 0 Å². The Labute approximate surface area is 179 Å². The van der Waals surface area contributed by atoms with Crippen molar-refractivity contribution in [3.05, 3.63) is 23.9 Å². The summed E-state index contributed by atoms with van der Waals surface area (Å²) in [6.07, 6.45) is 5.29. The quantitative estimate of drug-likeness (QED) is 0.153. The number of carboxylic acids is 3. The fourth-order valence-corrected chi connectivity index (χ4v) is 2.38. The van der Waals surface area contributed by atoms with E-state index < -0.39 is 48.5 Å². The van der Waals surface area contributed by atoms with Crippen LogP contribution in [0.1, 0.15) is 46.0 Å². The Morgan fingerprint density at radius 3 is 1.90 bits per heavy atom. The number of carbonyl (C=O) groups excluding carboxylic acids is 2. The maximum Gasteiger partial charge on any atom is 0.326 e. The Morgan fingerprint density at radius 1 is 0.839 bits per heavy atom. The summed E-state index contributed by atoms with van der Waals surface area (Å²) >= 11 is 0. The predicted molar refractivity (Wildman–Crippen MR) is 110 cm³/mol. The Bertz CT molecular complexity index is 705. The van der Waals surface area contributed by atoms with Gasteiger partial charge in [0.1, 0.15) is 12.1 Å².